The first-order valence-corrected chi connectivity index (χ1v) is 6.86. The summed E-state index contributed by atoms with van der Waals surface area (Å²) >= 11 is 0. The molecule has 0 amide bonds. The molecular formula is C10H15ClO2S. The molecule has 0 spiro atoms. The number of rotatable bonds is 0. The van der Waals surface area contributed by atoms with Gasteiger partial charge in [-0.2, -0.15) is 0 Å². The van der Waals surface area contributed by atoms with Crippen molar-refractivity contribution in [3.05, 3.63) is 34.9 Å². The normalized spacial score (nSPS) is 10.4. The number of halogens is 1. The summed E-state index contributed by atoms with van der Waals surface area (Å²) in [5.41, 5.74) is 4.18. The van der Waals surface area contributed by atoms with Gasteiger partial charge in [-0.3, -0.25) is 0 Å². The average Bonchev–Trinajstić information content (AvgIpc) is 1.97. The third-order valence-corrected chi connectivity index (χ3v) is 1.88. The summed E-state index contributed by atoms with van der Waals surface area (Å²) < 4.78 is 18.8. The Kier molecular flexibility index (Phi) is 5.16. The van der Waals surface area contributed by atoms with Gasteiger partial charge >= 0.3 is 0 Å². The molecule has 0 fully saturated rings. The second kappa shape index (κ2) is 5.37. The molecule has 1 rings (SSSR count). The number of hydrogen-bond acceptors (Lipinski definition) is 2. The molecular weight excluding hydrogens is 220 g/mol. The first kappa shape index (κ1) is 13.5. The average molecular weight is 235 g/mol. The van der Waals surface area contributed by atoms with E-state index in [1.54, 1.807) is 0 Å². The molecule has 0 N–H and O–H groups in total. The minimum atomic E-state index is -3.19. The lowest BCUT2D eigenvalue weighted by Crippen LogP contribution is -1.82. The summed E-state index contributed by atoms with van der Waals surface area (Å²) in [4.78, 5) is 0. The first-order chi connectivity index (χ1) is 6.22. The van der Waals surface area contributed by atoms with Crippen molar-refractivity contribution in [1.29, 1.82) is 0 Å². The van der Waals surface area contributed by atoms with Crippen LogP contribution in [-0.4, -0.2) is 14.7 Å². The van der Waals surface area contributed by atoms with Crippen LogP contribution in [0.25, 0.3) is 0 Å². The highest BCUT2D eigenvalue weighted by atomic mass is 35.7. The highest BCUT2D eigenvalue weighted by Gasteiger charge is 1.91. The minimum absolute atomic E-state index is 0.925. The van der Waals surface area contributed by atoms with E-state index in [2.05, 4.69) is 49.7 Å². The van der Waals surface area contributed by atoms with Crippen molar-refractivity contribution in [3.63, 3.8) is 0 Å². The molecule has 0 heterocycles. The van der Waals surface area contributed by atoms with Crippen LogP contribution in [0.2, 0.25) is 0 Å². The quantitative estimate of drug-likeness (QED) is 0.647. The maximum absolute atomic E-state index is 9.40. The van der Waals surface area contributed by atoms with Gasteiger partial charge in [-0.05, 0) is 37.5 Å². The number of aryl methyl sites for hydroxylation is 2. The molecule has 0 saturated carbocycles. The topological polar surface area (TPSA) is 34.1 Å². The summed E-state index contributed by atoms with van der Waals surface area (Å²) in [6, 6.07) is 6.38. The highest BCUT2D eigenvalue weighted by Crippen LogP contribution is 2.09. The zero-order valence-corrected chi connectivity index (χ0v) is 10.4. The fraction of sp³-hybridized carbons (Fsp3) is 0.400. The van der Waals surface area contributed by atoms with Gasteiger partial charge in [-0.1, -0.05) is 18.2 Å². The largest absolute Gasteiger partial charge is 0.229 e. The smallest absolute Gasteiger partial charge is 0.213 e. The number of benzene rings is 1. The first-order valence-electron chi connectivity index (χ1n) is 4.14. The van der Waals surface area contributed by atoms with E-state index in [1.165, 1.54) is 16.7 Å². The molecule has 2 nitrogen and oxygen atoms in total. The molecule has 4 heteroatoms. The van der Waals surface area contributed by atoms with Gasteiger partial charge in [0, 0.05) is 10.7 Å². The fourth-order valence-electron chi connectivity index (χ4n) is 0.898. The van der Waals surface area contributed by atoms with Crippen LogP contribution in [0.5, 0.6) is 0 Å². The third kappa shape index (κ3) is 6.92. The Labute approximate surface area is 90.3 Å². The lowest BCUT2D eigenvalue weighted by atomic mass is 10.1. The fourth-order valence-corrected chi connectivity index (χ4v) is 0.898. The Morgan fingerprint density at radius 1 is 1.07 bits per heavy atom. The molecule has 1 aromatic carbocycles. The van der Waals surface area contributed by atoms with E-state index in [4.69, 9.17) is 0 Å². The van der Waals surface area contributed by atoms with Gasteiger partial charge in [0.25, 0.3) is 0 Å². The lowest BCUT2D eigenvalue weighted by molar-refractivity contribution is 0.615. The van der Waals surface area contributed by atoms with Gasteiger partial charge in [0.05, 0.1) is 6.26 Å². The monoisotopic (exact) mass is 234 g/mol. The van der Waals surface area contributed by atoms with Crippen LogP contribution in [0.15, 0.2) is 18.2 Å². The molecule has 1 aromatic rings. The molecule has 0 aromatic heterocycles. The number of hydrogen-bond donors (Lipinski definition) is 0. The van der Waals surface area contributed by atoms with Crippen LogP contribution in [0.1, 0.15) is 16.7 Å². The maximum atomic E-state index is 9.40. The highest BCUT2D eigenvalue weighted by molar-refractivity contribution is 8.13. The van der Waals surface area contributed by atoms with Crippen LogP contribution in [-0.2, 0) is 9.05 Å². The third-order valence-electron chi connectivity index (χ3n) is 1.88. The second-order valence-corrected chi connectivity index (χ2v) is 6.24. The van der Waals surface area contributed by atoms with E-state index < -0.39 is 9.05 Å². The molecule has 0 aliphatic rings. The van der Waals surface area contributed by atoms with Gasteiger partial charge in [0.1, 0.15) is 0 Å². The standard InChI is InChI=1S/C9H12.CH3ClO2S/c1-7-5-4-6-8(2)9(7)3;1-5(2,3)4/h4-6H,1-3H3;1H3. The molecule has 0 aliphatic heterocycles. The van der Waals surface area contributed by atoms with Crippen molar-refractivity contribution in [1.82, 2.24) is 0 Å². The Morgan fingerprint density at radius 2 is 1.36 bits per heavy atom. The Bertz CT molecular complexity index is 368. The van der Waals surface area contributed by atoms with Gasteiger partial charge in [-0.25, -0.2) is 8.42 Å². The van der Waals surface area contributed by atoms with Crippen molar-refractivity contribution in [2.75, 3.05) is 6.26 Å². The second-order valence-electron chi connectivity index (χ2n) is 3.20. The van der Waals surface area contributed by atoms with Gasteiger partial charge in [-0.15, -0.1) is 0 Å². The zero-order valence-electron chi connectivity index (χ0n) is 8.83. The summed E-state index contributed by atoms with van der Waals surface area (Å²) in [7, 11) is 1.31. The molecule has 80 valence electrons. The van der Waals surface area contributed by atoms with E-state index in [0.717, 1.165) is 6.26 Å². The predicted molar refractivity (Wildman–Crippen MR) is 61.3 cm³/mol. The van der Waals surface area contributed by atoms with Crippen LogP contribution in [0, 0.1) is 20.8 Å². The Morgan fingerprint density at radius 3 is 1.57 bits per heavy atom. The molecule has 0 saturated heterocycles. The maximum Gasteiger partial charge on any atom is 0.229 e. The molecule has 0 aliphatic carbocycles. The van der Waals surface area contributed by atoms with Gasteiger partial charge in [0.2, 0.25) is 9.05 Å². The van der Waals surface area contributed by atoms with Crippen molar-refractivity contribution in [2.45, 2.75) is 20.8 Å². The minimum Gasteiger partial charge on any atom is -0.213 e. The summed E-state index contributed by atoms with van der Waals surface area (Å²) in [5, 5.41) is 0. The van der Waals surface area contributed by atoms with Crippen molar-refractivity contribution in [3.8, 4) is 0 Å². The van der Waals surface area contributed by atoms with E-state index in [0.29, 0.717) is 0 Å². The van der Waals surface area contributed by atoms with Gasteiger partial charge < -0.3 is 0 Å². The van der Waals surface area contributed by atoms with Crippen LogP contribution in [0.4, 0.5) is 0 Å². The zero-order chi connectivity index (χ0) is 11.4. The van der Waals surface area contributed by atoms with Crippen LogP contribution < -0.4 is 0 Å². The van der Waals surface area contributed by atoms with Crippen molar-refractivity contribution in [2.24, 2.45) is 0 Å². The Hall–Kier alpha value is -0.540. The van der Waals surface area contributed by atoms with E-state index in [-0.39, 0.29) is 0 Å². The Balaban J connectivity index is 0.000000292. The predicted octanol–water partition coefficient (Wildman–Crippen LogP) is 2.80. The SMILES string of the molecule is CS(=O)(=O)Cl.Cc1cccc(C)c1C. The molecule has 0 unspecified atom stereocenters. The lowest BCUT2D eigenvalue weighted by Gasteiger charge is -2.00. The van der Waals surface area contributed by atoms with E-state index >= 15 is 0 Å². The van der Waals surface area contributed by atoms with Crippen LogP contribution in [0.3, 0.4) is 0 Å². The molecule has 0 radical (unpaired) electrons. The van der Waals surface area contributed by atoms with Crippen molar-refractivity contribution < 1.29 is 8.42 Å². The van der Waals surface area contributed by atoms with Crippen molar-refractivity contribution >= 4 is 19.7 Å². The van der Waals surface area contributed by atoms with Crippen LogP contribution >= 0.6 is 10.7 Å². The molecule has 0 bridgehead atoms. The summed E-state index contributed by atoms with van der Waals surface area (Å²) in [5.74, 6) is 0. The molecule has 0 atom stereocenters. The van der Waals surface area contributed by atoms with E-state index in [1.807, 2.05) is 0 Å². The molecule has 14 heavy (non-hydrogen) atoms. The van der Waals surface area contributed by atoms with E-state index in [9.17, 15) is 8.42 Å². The summed E-state index contributed by atoms with van der Waals surface area (Å²) in [6.45, 7) is 6.44. The summed E-state index contributed by atoms with van der Waals surface area (Å²) in [6.07, 6.45) is 0.925. The van der Waals surface area contributed by atoms with Gasteiger partial charge in [0.15, 0.2) is 0 Å².